The fourth-order valence-corrected chi connectivity index (χ4v) is 14.6. The molecular weight excluding hydrogens is 1240 g/mol. The molecule has 29 heteroatoms. The van der Waals surface area contributed by atoms with Gasteiger partial charge in [-0.25, -0.2) is 37.9 Å². The van der Waals surface area contributed by atoms with Crippen LogP contribution in [0.2, 0.25) is 0 Å². The van der Waals surface area contributed by atoms with E-state index in [0.29, 0.717) is 145 Å². The van der Waals surface area contributed by atoms with Crippen LogP contribution >= 0.6 is 49.7 Å². The van der Waals surface area contributed by atoms with Crippen molar-refractivity contribution in [2.24, 2.45) is 20.8 Å². The normalized spacial score (nSPS) is 24.3. The van der Waals surface area contributed by atoms with E-state index >= 15 is 0 Å². The maximum absolute atomic E-state index is 14.8. The molecule has 484 valence electrons. The number of hydrogen-bond acceptors (Lipinski definition) is 19. The number of carbonyl (C=O) groups is 6. The Kier molecular flexibility index (Phi) is 20.2. The minimum absolute atomic E-state index is 0. The number of carboxylic acid groups (broad SMARTS) is 2. The van der Waals surface area contributed by atoms with Crippen molar-refractivity contribution in [1.82, 2.24) is 50.0 Å². The van der Waals surface area contributed by atoms with Gasteiger partial charge in [0.05, 0.1) is 54.1 Å². The predicted octanol–water partition coefficient (Wildman–Crippen LogP) is 6.20. The summed E-state index contributed by atoms with van der Waals surface area (Å²) in [5.41, 5.74) is 0.637. The molecule has 4 aromatic rings. The SMILES string of the molecule is CCOC(=O)C1=C(CN2CCN3C(=O)N(CC4(C(=O)O)CCC4)C[C@]3(C)C2)NC(c2nccs2)=N[C@H]1c1cccc(F)c1C.CCOC(=O)C1=C(CN2CCN3C(=O)N(CC4(C(=O)O)COC4)C[C@]3(C)C2)NC(c2nccs2)=NC1c1cccc(F)c1C.S.S. The molecule has 2 aromatic carbocycles. The molecule has 12 rings (SSSR count). The minimum Gasteiger partial charge on any atom is -0.481 e. The first-order valence-corrected chi connectivity index (χ1v) is 31.3. The second kappa shape index (κ2) is 27.0. The third kappa shape index (κ3) is 12.8. The smallest absolute Gasteiger partial charge is 0.338 e. The largest absolute Gasteiger partial charge is 0.481 e. The Morgan fingerprint density at radius 1 is 0.656 bits per heavy atom. The summed E-state index contributed by atoms with van der Waals surface area (Å²) in [5.74, 6) is -2.69. The Bertz CT molecular complexity index is 3320. The maximum atomic E-state index is 14.8. The van der Waals surface area contributed by atoms with Crippen LogP contribution in [0.5, 0.6) is 0 Å². The molecule has 4 N–H and O–H groups in total. The highest BCUT2D eigenvalue weighted by atomic mass is 32.1. The van der Waals surface area contributed by atoms with Gasteiger partial charge in [0.25, 0.3) is 0 Å². The monoisotopic (exact) mass is 1320 g/mol. The third-order valence-electron chi connectivity index (χ3n) is 18.2. The zero-order valence-corrected chi connectivity index (χ0v) is 54.6. The first-order chi connectivity index (χ1) is 42.1. The summed E-state index contributed by atoms with van der Waals surface area (Å²) in [7, 11) is 0. The van der Waals surface area contributed by atoms with Gasteiger partial charge in [-0.1, -0.05) is 30.7 Å². The Labute approximate surface area is 542 Å². The lowest BCUT2D eigenvalue weighted by molar-refractivity contribution is -0.181. The average molecular weight is 1320 g/mol. The molecule has 0 bridgehead atoms. The number of hydrogen-bond donors (Lipinski definition) is 4. The summed E-state index contributed by atoms with van der Waals surface area (Å²) in [4.78, 5) is 108. The second-order valence-electron chi connectivity index (χ2n) is 24.3. The molecule has 1 saturated carbocycles. The standard InChI is InChI=1S/C31H37FN6O5S.C30H35FN6O6S.2H2S/c1-4-43-27(39)23-22(34-25(26-33-11-14-44-26)35-24(23)20-7-5-8-21(32)19(20)2)15-36-12-13-38-29(42)37(17-30(38,3)16-36)18-31(28(40)41)9-6-10-31;1-4-43-26(38)22-21(33-24(25-32-8-11-44-25)34-23(22)19-6-5-7-20(31)18(19)2)12-35-9-10-37-28(41)36(14-29(37,3)13-35)15-30(27(39)40)16-42-17-30;;/h5,7-8,11,14,24H,4,6,9-10,12-13,15-18H2,1-3H3,(H,34,35)(H,40,41);5-8,11,23H,4,9-10,12-17H2,1-3H3,(H,33,34)(H,39,40);2*1H2/t24-,30-;23?,29-;;/m00../s1. The van der Waals surface area contributed by atoms with Gasteiger partial charge in [-0.3, -0.25) is 29.4 Å². The van der Waals surface area contributed by atoms with Crippen LogP contribution in [-0.4, -0.2) is 213 Å². The lowest BCUT2D eigenvalue weighted by Crippen LogP contribution is -2.60. The first kappa shape index (κ1) is 67.4. The number of amides is 4. The number of piperazine rings is 2. The van der Waals surface area contributed by atoms with E-state index in [-0.39, 0.29) is 84.4 Å². The van der Waals surface area contributed by atoms with E-state index in [1.807, 2.05) is 34.4 Å². The van der Waals surface area contributed by atoms with E-state index in [0.717, 1.165) is 6.42 Å². The molecular formula is C61H76F2N12O11S4. The number of carboxylic acids is 2. The number of thiazole rings is 2. The van der Waals surface area contributed by atoms with Gasteiger partial charge in [0.15, 0.2) is 21.7 Å². The van der Waals surface area contributed by atoms with Crippen molar-refractivity contribution in [3.63, 3.8) is 0 Å². The highest BCUT2D eigenvalue weighted by Crippen LogP contribution is 2.45. The van der Waals surface area contributed by atoms with Crippen molar-refractivity contribution in [1.29, 1.82) is 0 Å². The number of nitrogens with zero attached hydrogens (tertiary/aromatic N) is 10. The number of amidine groups is 2. The molecule has 90 heavy (non-hydrogen) atoms. The van der Waals surface area contributed by atoms with Gasteiger partial charge >= 0.3 is 35.9 Å². The van der Waals surface area contributed by atoms with Crippen molar-refractivity contribution in [3.8, 4) is 0 Å². The van der Waals surface area contributed by atoms with E-state index in [9.17, 15) is 47.8 Å². The number of fused-ring (bicyclic) bond motifs is 2. The number of aliphatic carboxylic acids is 2. The Morgan fingerprint density at radius 2 is 1.08 bits per heavy atom. The Morgan fingerprint density at radius 3 is 1.42 bits per heavy atom. The third-order valence-corrected chi connectivity index (χ3v) is 19.8. The van der Waals surface area contributed by atoms with Crippen molar-refractivity contribution < 1.29 is 62.0 Å². The molecule has 0 spiro atoms. The highest BCUT2D eigenvalue weighted by Gasteiger charge is 2.56. The molecule has 23 nitrogen and oxygen atoms in total. The topological polar surface area (TPSA) is 265 Å². The maximum Gasteiger partial charge on any atom is 0.338 e. The van der Waals surface area contributed by atoms with E-state index in [1.165, 1.54) is 34.8 Å². The zero-order chi connectivity index (χ0) is 62.5. The number of ether oxygens (including phenoxy) is 3. The number of esters is 2. The lowest BCUT2D eigenvalue weighted by atomic mass is 9.68. The van der Waals surface area contributed by atoms with Gasteiger partial charge in [-0.05, 0) is 88.8 Å². The van der Waals surface area contributed by atoms with Crippen LogP contribution in [0.25, 0.3) is 0 Å². The minimum atomic E-state index is -1.08. The van der Waals surface area contributed by atoms with Crippen LogP contribution in [0.3, 0.4) is 0 Å². The second-order valence-corrected chi connectivity index (χ2v) is 26.1. The van der Waals surface area contributed by atoms with E-state index in [1.54, 1.807) is 74.2 Å². The summed E-state index contributed by atoms with van der Waals surface area (Å²) in [6.45, 7) is 16.1. The lowest BCUT2D eigenvalue weighted by Gasteiger charge is -2.44. The molecule has 4 atom stereocenters. The fourth-order valence-electron chi connectivity index (χ4n) is 13.4. The molecule has 1 aliphatic carbocycles. The van der Waals surface area contributed by atoms with Crippen molar-refractivity contribution in [3.05, 3.63) is 126 Å². The number of carbonyl (C=O) groups excluding carboxylic acids is 4. The van der Waals surface area contributed by atoms with Crippen LogP contribution < -0.4 is 10.6 Å². The van der Waals surface area contributed by atoms with Gasteiger partial charge in [-0.15, -0.1) is 22.7 Å². The van der Waals surface area contributed by atoms with Gasteiger partial charge in [0.2, 0.25) is 0 Å². The molecule has 2 aromatic heterocycles. The number of aromatic nitrogens is 2. The van der Waals surface area contributed by atoms with E-state index in [2.05, 4.69) is 30.4 Å². The average Bonchev–Trinajstić information content (AvgIpc) is 1.66. The van der Waals surface area contributed by atoms with Crippen LogP contribution in [0.15, 0.2) is 92.1 Å². The van der Waals surface area contributed by atoms with Crippen LogP contribution in [0, 0.1) is 36.3 Å². The number of nitrogens with one attached hydrogen (secondary N) is 2. The molecule has 7 aliphatic heterocycles. The molecule has 8 aliphatic rings. The van der Waals surface area contributed by atoms with Gasteiger partial charge < -0.3 is 54.7 Å². The molecule has 5 saturated heterocycles. The zero-order valence-electron chi connectivity index (χ0n) is 51.0. The molecule has 4 amide bonds. The molecule has 6 fully saturated rings. The quantitative estimate of drug-likeness (QED) is 0.0808. The Balaban J connectivity index is 0.000000209. The van der Waals surface area contributed by atoms with Crippen molar-refractivity contribution >= 4 is 97.3 Å². The summed E-state index contributed by atoms with van der Waals surface area (Å²) in [6.07, 6.45) is 5.37. The van der Waals surface area contributed by atoms with Crippen LogP contribution in [-0.2, 0) is 33.4 Å². The van der Waals surface area contributed by atoms with Crippen LogP contribution in [0.4, 0.5) is 18.4 Å². The first-order valence-electron chi connectivity index (χ1n) is 29.5. The molecule has 9 heterocycles. The highest BCUT2D eigenvalue weighted by molar-refractivity contribution is 7.59. The Hall–Kier alpha value is -7.02. The predicted molar refractivity (Wildman–Crippen MR) is 341 cm³/mol. The number of benzene rings is 2. The van der Waals surface area contributed by atoms with Crippen LogP contribution in [0.1, 0.15) is 91.3 Å². The van der Waals surface area contributed by atoms with E-state index in [4.69, 9.17) is 24.2 Å². The van der Waals surface area contributed by atoms with Gasteiger partial charge in [-0.2, -0.15) is 27.0 Å². The molecule has 0 radical (unpaired) electrons. The van der Waals surface area contributed by atoms with Crippen molar-refractivity contribution in [2.75, 3.05) is 105 Å². The molecule has 1 unspecified atom stereocenters. The van der Waals surface area contributed by atoms with Crippen molar-refractivity contribution in [2.45, 2.75) is 84.0 Å². The summed E-state index contributed by atoms with van der Waals surface area (Å²) in [6, 6.07) is 7.59. The number of halogens is 2. The number of urea groups is 2. The summed E-state index contributed by atoms with van der Waals surface area (Å²) < 4.78 is 45.7. The van der Waals surface area contributed by atoms with Gasteiger partial charge in [0.1, 0.15) is 29.1 Å². The van der Waals surface area contributed by atoms with Gasteiger partial charge in [0, 0.05) is 113 Å². The number of rotatable bonds is 18. The summed E-state index contributed by atoms with van der Waals surface area (Å²) >= 11 is 2.80. The summed E-state index contributed by atoms with van der Waals surface area (Å²) in [5, 5.41) is 31.3. The fraction of sp³-hybridized carbons (Fsp3) is 0.508. The number of aliphatic imine (C=N–C) groups is 2. The van der Waals surface area contributed by atoms with E-state index < -0.39 is 63.7 Å².